The topological polar surface area (TPSA) is 60.7 Å². The minimum absolute atomic E-state index is 0.0985. The van der Waals surface area contributed by atoms with Crippen LogP contribution in [0.4, 0.5) is 0 Å². The fraction of sp³-hybridized carbons (Fsp3) is 0.357. The summed E-state index contributed by atoms with van der Waals surface area (Å²) in [5.41, 5.74) is 4.02. The predicted octanol–water partition coefficient (Wildman–Crippen LogP) is 5.87. The average molecular weight is 413 g/mol. The number of aromatic hydroxyl groups is 3. The van der Waals surface area contributed by atoms with Crippen molar-refractivity contribution in [3.63, 3.8) is 0 Å². The summed E-state index contributed by atoms with van der Waals surface area (Å²) in [6, 6.07) is 23.6. The van der Waals surface area contributed by atoms with Gasteiger partial charge in [0.2, 0.25) is 0 Å². The summed E-state index contributed by atoms with van der Waals surface area (Å²) in [6.07, 6.45) is 5.95. The van der Waals surface area contributed by atoms with Crippen LogP contribution in [0.25, 0.3) is 0 Å². The lowest BCUT2D eigenvalue weighted by Crippen LogP contribution is -2.61. The SMILES string of the molecule is Oc1ccc(C23CC4CC(C2)C(c2ccc(O)cc2)(c2ccc(O)cc2)C(C4)C3)cc1. The van der Waals surface area contributed by atoms with Crippen molar-refractivity contribution in [1.82, 2.24) is 0 Å². The van der Waals surface area contributed by atoms with Crippen molar-refractivity contribution < 1.29 is 15.3 Å². The van der Waals surface area contributed by atoms with E-state index in [-0.39, 0.29) is 10.8 Å². The van der Waals surface area contributed by atoms with Crippen molar-refractivity contribution >= 4 is 0 Å². The highest BCUT2D eigenvalue weighted by Gasteiger charge is 2.63. The Balaban J connectivity index is 1.52. The average Bonchev–Trinajstić information content (AvgIpc) is 2.76. The van der Waals surface area contributed by atoms with E-state index in [9.17, 15) is 15.3 Å². The summed E-state index contributed by atoms with van der Waals surface area (Å²) < 4.78 is 0. The summed E-state index contributed by atoms with van der Waals surface area (Å²) >= 11 is 0. The molecule has 0 heterocycles. The second-order valence-corrected chi connectivity index (χ2v) is 10.1. The first-order valence-electron chi connectivity index (χ1n) is 11.4. The molecule has 0 amide bonds. The van der Waals surface area contributed by atoms with Crippen molar-refractivity contribution in [2.45, 2.75) is 42.9 Å². The Labute approximate surface area is 183 Å². The first kappa shape index (κ1) is 18.8. The number of hydrogen-bond acceptors (Lipinski definition) is 3. The Hall–Kier alpha value is -2.94. The zero-order chi connectivity index (χ0) is 21.2. The molecule has 158 valence electrons. The highest BCUT2D eigenvalue weighted by molar-refractivity contribution is 5.48. The Kier molecular flexibility index (Phi) is 3.96. The van der Waals surface area contributed by atoms with Crippen LogP contribution in [0.1, 0.15) is 48.8 Å². The molecule has 0 saturated heterocycles. The van der Waals surface area contributed by atoms with Crippen LogP contribution in [0.5, 0.6) is 17.2 Å². The van der Waals surface area contributed by atoms with Gasteiger partial charge in [-0.2, -0.15) is 0 Å². The molecule has 3 aromatic rings. The molecule has 3 aromatic carbocycles. The van der Waals surface area contributed by atoms with Gasteiger partial charge in [0.25, 0.3) is 0 Å². The normalized spacial score (nSPS) is 30.4. The van der Waals surface area contributed by atoms with Gasteiger partial charge in [-0.15, -0.1) is 0 Å². The van der Waals surface area contributed by atoms with Gasteiger partial charge in [0.1, 0.15) is 17.2 Å². The standard InChI is InChI=1S/C28H28O3/c29-24-7-1-19(2-8-24)27-15-18-13-22(16-27)28(23(14-18)17-27,20-3-9-25(30)10-4-20)21-5-11-26(31)12-6-21/h1-12,18,22-23,29-31H,13-17H2. The third kappa shape index (κ3) is 2.65. The van der Waals surface area contributed by atoms with Crippen molar-refractivity contribution in [3.8, 4) is 17.2 Å². The maximum absolute atomic E-state index is 9.96. The smallest absolute Gasteiger partial charge is 0.115 e. The van der Waals surface area contributed by atoms with Gasteiger partial charge >= 0.3 is 0 Å². The molecule has 2 atom stereocenters. The first-order valence-corrected chi connectivity index (χ1v) is 11.4. The fourth-order valence-electron chi connectivity index (χ4n) is 7.76. The Morgan fingerprint density at radius 1 is 0.516 bits per heavy atom. The Morgan fingerprint density at radius 3 is 1.32 bits per heavy atom. The van der Waals surface area contributed by atoms with Crippen molar-refractivity contribution in [2.75, 3.05) is 0 Å². The van der Waals surface area contributed by atoms with Gasteiger partial charge in [0, 0.05) is 5.41 Å². The van der Waals surface area contributed by atoms with Crippen LogP contribution in [0.2, 0.25) is 0 Å². The van der Waals surface area contributed by atoms with Crippen LogP contribution < -0.4 is 0 Å². The molecule has 0 aromatic heterocycles. The third-order valence-electron chi connectivity index (χ3n) is 8.65. The van der Waals surface area contributed by atoms with Crippen molar-refractivity contribution in [3.05, 3.63) is 89.5 Å². The van der Waals surface area contributed by atoms with E-state index in [0.29, 0.717) is 29.1 Å². The van der Waals surface area contributed by atoms with Crippen LogP contribution in [0.3, 0.4) is 0 Å². The zero-order valence-corrected chi connectivity index (χ0v) is 17.5. The molecule has 0 aliphatic heterocycles. The lowest BCUT2D eigenvalue weighted by molar-refractivity contribution is -0.0612. The van der Waals surface area contributed by atoms with Crippen LogP contribution in [0, 0.1) is 17.8 Å². The predicted molar refractivity (Wildman–Crippen MR) is 120 cm³/mol. The van der Waals surface area contributed by atoms with Gasteiger partial charge in [-0.25, -0.2) is 0 Å². The number of phenols is 3. The van der Waals surface area contributed by atoms with Crippen molar-refractivity contribution in [2.24, 2.45) is 17.8 Å². The van der Waals surface area contributed by atoms with E-state index >= 15 is 0 Å². The van der Waals surface area contributed by atoms with E-state index in [1.165, 1.54) is 36.0 Å². The fourth-order valence-corrected chi connectivity index (χ4v) is 7.76. The largest absolute Gasteiger partial charge is 0.508 e. The van der Waals surface area contributed by atoms with Gasteiger partial charge < -0.3 is 15.3 Å². The van der Waals surface area contributed by atoms with E-state index in [4.69, 9.17) is 0 Å². The van der Waals surface area contributed by atoms with Gasteiger partial charge in [0.05, 0.1) is 0 Å². The summed E-state index contributed by atoms with van der Waals surface area (Å²) in [7, 11) is 0. The van der Waals surface area contributed by atoms with Crippen LogP contribution >= 0.6 is 0 Å². The molecule has 4 aliphatic rings. The molecule has 2 unspecified atom stereocenters. The molecule has 7 rings (SSSR count). The summed E-state index contributed by atoms with van der Waals surface area (Å²) in [6.45, 7) is 0. The lowest BCUT2D eigenvalue weighted by Gasteiger charge is -2.66. The van der Waals surface area contributed by atoms with E-state index in [1.54, 1.807) is 0 Å². The van der Waals surface area contributed by atoms with Crippen molar-refractivity contribution in [1.29, 1.82) is 0 Å². The molecule has 3 nitrogen and oxygen atoms in total. The second kappa shape index (κ2) is 6.53. The van der Waals surface area contributed by atoms with Crippen LogP contribution in [-0.4, -0.2) is 15.3 Å². The molecule has 0 radical (unpaired) electrons. The Morgan fingerprint density at radius 2 is 0.903 bits per heavy atom. The van der Waals surface area contributed by atoms with Gasteiger partial charge in [-0.05, 0) is 108 Å². The first-order chi connectivity index (χ1) is 15.0. The molecule has 4 fully saturated rings. The highest BCUT2D eigenvalue weighted by atomic mass is 16.3. The molecule has 4 saturated carbocycles. The summed E-state index contributed by atoms with van der Waals surface area (Å²) in [5.74, 6) is 2.66. The number of rotatable bonds is 3. The maximum Gasteiger partial charge on any atom is 0.115 e. The van der Waals surface area contributed by atoms with Crippen LogP contribution in [-0.2, 0) is 10.8 Å². The number of hydrogen-bond donors (Lipinski definition) is 3. The molecule has 3 N–H and O–H groups in total. The summed E-state index contributed by atoms with van der Waals surface area (Å²) in [4.78, 5) is 0. The molecule has 31 heavy (non-hydrogen) atoms. The van der Waals surface area contributed by atoms with E-state index in [2.05, 4.69) is 36.4 Å². The van der Waals surface area contributed by atoms with Crippen LogP contribution in [0.15, 0.2) is 72.8 Å². The minimum Gasteiger partial charge on any atom is -0.508 e. The molecule has 3 heteroatoms. The monoisotopic (exact) mass is 412 g/mol. The molecule has 0 spiro atoms. The quantitative estimate of drug-likeness (QED) is 0.504. The molecule has 4 bridgehead atoms. The molecule has 4 aliphatic carbocycles. The summed E-state index contributed by atoms with van der Waals surface area (Å²) in [5, 5.41) is 29.7. The van der Waals surface area contributed by atoms with Gasteiger partial charge in [0.15, 0.2) is 0 Å². The zero-order valence-electron chi connectivity index (χ0n) is 17.5. The second-order valence-electron chi connectivity index (χ2n) is 10.1. The van der Waals surface area contributed by atoms with E-state index < -0.39 is 0 Å². The maximum atomic E-state index is 9.96. The third-order valence-corrected chi connectivity index (χ3v) is 8.65. The minimum atomic E-state index is -0.0985. The lowest BCUT2D eigenvalue weighted by atomic mass is 9.37. The molecular weight excluding hydrogens is 384 g/mol. The number of benzene rings is 3. The van der Waals surface area contributed by atoms with Gasteiger partial charge in [-0.1, -0.05) is 36.4 Å². The molecular formula is C28H28O3. The highest BCUT2D eigenvalue weighted by Crippen LogP contribution is 2.69. The van der Waals surface area contributed by atoms with Gasteiger partial charge in [-0.3, -0.25) is 0 Å². The van der Waals surface area contributed by atoms with E-state index in [0.717, 1.165) is 18.8 Å². The van der Waals surface area contributed by atoms with E-state index in [1.807, 2.05) is 36.4 Å². The number of phenolic OH excluding ortho intramolecular Hbond substituents is 3. The Bertz CT molecular complexity index is 1040.